The summed E-state index contributed by atoms with van der Waals surface area (Å²) in [5.41, 5.74) is 6.16. The molecule has 0 spiro atoms. The molecule has 0 fully saturated rings. The van der Waals surface area contributed by atoms with Gasteiger partial charge in [0, 0.05) is 11.9 Å². The van der Waals surface area contributed by atoms with Crippen LogP contribution in [0.3, 0.4) is 0 Å². The van der Waals surface area contributed by atoms with Crippen molar-refractivity contribution >= 4 is 35.0 Å². The van der Waals surface area contributed by atoms with Crippen LogP contribution in [0.4, 0.5) is 16.2 Å². The minimum atomic E-state index is -0.693. The van der Waals surface area contributed by atoms with Crippen molar-refractivity contribution in [2.24, 2.45) is 0 Å². The zero-order valence-corrected chi connectivity index (χ0v) is 16.0. The minimum absolute atomic E-state index is 0.0106. The number of amides is 1. The van der Waals surface area contributed by atoms with Gasteiger partial charge in [0.25, 0.3) is 0 Å². The molecule has 0 aliphatic rings. The van der Waals surface area contributed by atoms with Gasteiger partial charge in [0.2, 0.25) is 0 Å². The van der Waals surface area contributed by atoms with E-state index >= 15 is 0 Å². The number of carbonyl (C=O) groups excluding carboxylic acids is 2. The summed E-state index contributed by atoms with van der Waals surface area (Å²) in [5.74, 6) is -0.693. The molecule has 3 N–H and O–H groups in total. The van der Waals surface area contributed by atoms with Gasteiger partial charge in [-0.1, -0.05) is 11.6 Å². The molecule has 0 radical (unpaired) electrons. The molecule has 0 saturated carbocycles. The summed E-state index contributed by atoms with van der Waals surface area (Å²) in [6.07, 6.45) is 0.762. The van der Waals surface area contributed by atoms with Crippen molar-refractivity contribution in [1.82, 2.24) is 4.57 Å². The molecule has 0 aliphatic carbocycles. The number of nitrogens with two attached hydrogens (primary N) is 1. The van der Waals surface area contributed by atoms with E-state index in [0.29, 0.717) is 11.4 Å². The second-order valence-corrected chi connectivity index (χ2v) is 6.98. The van der Waals surface area contributed by atoms with E-state index in [0.717, 1.165) is 0 Å². The number of hydrogen-bond acceptors (Lipinski definition) is 6. The molecular formula is C18H19ClN4O4. The molecule has 1 amide bonds. The van der Waals surface area contributed by atoms with Crippen LogP contribution < -0.4 is 11.1 Å². The van der Waals surface area contributed by atoms with E-state index in [9.17, 15) is 9.59 Å². The Morgan fingerprint density at radius 1 is 1.33 bits per heavy atom. The van der Waals surface area contributed by atoms with Gasteiger partial charge in [-0.25, -0.2) is 9.59 Å². The molecule has 0 atom stereocenters. The highest BCUT2D eigenvalue weighted by Crippen LogP contribution is 2.29. The molecule has 2 rings (SSSR count). The third-order valence-corrected chi connectivity index (χ3v) is 3.72. The summed E-state index contributed by atoms with van der Waals surface area (Å²) in [6.45, 7) is 5.23. The van der Waals surface area contributed by atoms with Gasteiger partial charge >= 0.3 is 12.1 Å². The lowest BCUT2D eigenvalue weighted by molar-refractivity contribution is 0.0591. The molecule has 0 aliphatic heterocycles. The van der Waals surface area contributed by atoms with E-state index in [1.165, 1.54) is 23.9 Å². The number of esters is 1. The first-order valence-electron chi connectivity index (χ1n) is 7.86. The Morgan fingerprint density at radius 3 is 2.52 bits per heavy atom. The van der Waals surface area contributed by atoms with Crippen LogP contribution in [0.1, 0.15) is 36.8 Å². The fourth-order valence-electron chi connectivity index (χ4n) is 2.29. The fraction of sp³-hybridized carbons (Fsp3) is 0.278. The van der Waals surface area contributed by atoms with Crippen LogP contribution in [-0.4, -0.2) is 29.3 Å². The average Bonchev–Trinajstić information content (AvgIpc) is 2.91. The predicted octanol–water partition coefficient (Wildman–Crippen LogP) is 3.72. The number of nitrogens with one attached hydrogen (secondary N) is 1. The number of ether oxygens (including phenoxy) is 2. The van der Waals surface area contributed by atoms with E-state index in [2.05, 4.69) is 5.32 Å². The van der Waals surface area contributed by atoms with Crippen LogP contribution in [0.5, 0.6) is 0 Å². The van der Waals surface area contributed by atoms with E-state index in [4.69, 9.17) is 32.1 Å². The Bertz CT molecular complexity index is 938. The van der Waals surface area contributed by atoms with Crippen molar-refractivity contribution in [3.8, 4) is 11.8 Å². The Kier molecular flexibility index (Phi) is 5.66. The number of methoxy groups -OCH3 is 1. The minimum Gasteiger partial charge on any atom is -0.464 e. The molecule has 1 heterocycles. The number of carbonyl (C=O) groups is 2. The maximum absolute atomic E-state index is 12.0. The molecule has 2 aromatic rings. The van der Waals surface area contributed by atoms with Crippen molar-refractivity contribution in [3.63, 3.8) is 0 Å². The standard InChI is InChI=1S/C18H19ClN4O4/c1-18(2,3)27-17(25)22-13-6-5-11(7-12(13)19)23-9-10(8-20)14(21)15(23)16(24)26-4/h5-7,9H,21H2,1-4H3,(H,22,25). The molecule has 27 heavy (non-hydrogen) atoms. The number of aromatic nitrogens is 1. The predicted molar refractivity (Wildman–Crippen MR) is 101 cm³/mol. The molecule has 0 saturated heterocycles. The maximum atomic E-state index is 12.0. The summed E-state index contributed by atoms with van der Waals surface area (Å²) >= 11 is 6.24. The SMILES string of the molecule is COC(=O)c1c(N)c(C#N)cn1-c1ccc(NC(=O)OC(C)(C)C)c(Cl)c1. The lowest BCUT2D eigenvalue weighted by Gasteiger charge is -2.20. The monoisotopic (exact) mass is 390 g/mol. The maximum Gasteiger partial charge on any atom is 0.412 e. The number of hydrogen-bond donors (Lipinski definition) is 2. The Morgan fingerprint density at radius 2 is 2.00 bits per heavy atom. The highest BCUT2D eigenvalue weighted by molar-refractivity contribution is 6.33. The number of nitriles is 1. The number of nitrogen functional groups attached to an aromatic ring is 1. The summed E-state index contributed by atoms with van der Waals surface area (Å²) in [6, 6.07) is 6.58. The van der Waals surface area contributed by atoms with Gasteiger partial charge in [-0.05, 0) is 39.0 Å². The molecule has 8 nitrogen and oxygen atoms in total. The molecule has 9 heteroatoms. The van der Waals surface area contributed by atoms with E-state index in [1.54, 1.807) is 32.9 Å². The first kappa shape index (κ1) is 20.1. The number of benzene rings is 1. The van der Waals surface area contributed by atoms with Crippen molar-refractivity contribution < 1.29 is 19.1 Å². The number of anilines is 2. The molecule has 1 aromatic heterocycles. The van der Waals surface area contributed by atoms with Gasteiger partial charge < -0.3 is 19.8 Å². The molecule has 142 valence electrons. The van der Waals surface area contributed by atoms with Crippen LogP contribution >= 0.6 is 11.6 Å². The summed E-state index contributed by atoms with van der Waals surface area (Å²) < 4.78 is 11.3. The molecular weight excluding hydrogens is 372 g/mol. The lowest BCUT2D eigenvalue weighted by Crippen LogP contribution is -2.27. The number of halogens is 1. The first-order valence-corrected chi connectivity index (χ1v) is 8.24. The fourth-order valence-corrected chi connectivity index (χ4v) is 2.51. The van der Waals surface area contributed by atoms with Gasteiger partial charge in [-0.2, -0.15) is 5.26 Å². The highest BCUT2D eigenvalue weighted by Gasteiger charge is 2.22. The smallest absolute Gasteiger partial charge is 0.412 e. The zero-order valence-electron chi connectivity index (χ0n) is 15.3. The summed E-state index contributed by atoms with van der Waals surface area (Å²) in [7, 11) is 1.21. The quantitative estimate of drug-likeness (QED) is 0.770. The second kappa shape index (κ2) is 7.60. The normalized spacial score (nSPS) is 10.8. The van der Waals surface area contributed by atoms with Crippen molar-refractivity contribution in [1.29, 1.82) is 5.26 Å². The Balaban J connectivity index is 2.40. The number of rotatable bonds is 3. The van der Waals surface area contributed by atoms with E-state index in [-0.39, 0.29) is 22.0 Å². The van der Waals surface area contributed by atoms with Crippen LogP contribution in [-0.2, 0) is 9.47 Å². The molecule has 0 bridgehead atoms. The van der Waals surface area contributed by atoms with Crippen molar-refractivity contribution in [2.45, 2.75) is 26.4 Å². The van der Waals surface area contributed by atoms with Crippen molar-refractivity contribution in [3.05, 3.63) is 40.7 Å². The number of nitrogens with zero attached hydrogens (tertiary/aromatic N) is 2. The van der Waals surface area contributed by atoms with Crippen LogP contribution in [0, 0.1) is 11.3 Å². The van der Waals surface area contributed by atoms with Gasteiger partial charge in [0.05, 0.1) is 29.1 Å². The largest absolute Gasteiger partial charge is 0.464 e. The topological polar surface area (TPSA) is 119 Å². The van der Waals surface area contributed by atoms with Crippen LogP contribution in [0.15, 0.2) is 24.4 Å². The zero-order chi connectivity index (χ0) is 20.4. The third kappa shape index (κ3) is 4.51. The highest BCUT2D eigenvalue weighted by atomic mass is 35.5. The Hall–Kier alpha value is -3.18. The third-order valence-electron chi connectivity index (χ3n) is 3.41. The van der Waals surface area contributed by atoms with Gasteiger partial charge in [0.1, 0.15) is 11.7 Å². The van der Waals surface area contributed by atoms with Crippen LogP contribution in [0.2, 0.25) is 5.02 Å². The van der Waals surface area contributed by atoms with E-state index < -0.39 is 17.7 Å². The van der Waals surface area contributed by atoms with Gasteiger partial charge in [0.15, 0.2) is 5.69 Å². The summed E-state index contributed by atoms with van der Waals surface area (Å²) in [5, 5.41) is 11.9. The Labute approximate surface area is 161 Å². The molecule has 0 unspecified atom stereocenters. The lowest BCUT2D eigenvalue weighted by atomic mass is 10.2. The van der Waals surface area contributed by atoms with Gasteiger partial charge in [-0.3, -0.25) is 5.32 Å². The average molecular weight is 391 g/mol. The van der Waals surface area contributed by atoms with Gasteiger partial charge in [-0.15, -0.1) is 0 Å². The first-order chi connectivity index (χ1) is 12.6. The van der Waals surface area contributed by atoms with Crippen LogP contribution in [0.25, 0.3) is 5.69 Å². The van der Waals surface area contributed by atoms with Crippen molar-refractivity contribution in [2.75, 3.05) is 18.2 Å². The second-order valence-electron chi connectivity index (χ2n) is 6.57. The molecule has 1 aromatic carbocycles. The van der Waals surface area contributed by atoms with E-state index in [1.807, 2.05) is 6.07 Å². The summed E-state index contributed by atoms with van der Waals surface area (Å²) in [4.78, 5) is 23.9.